The summed E-state index contributed by atoms with van der Waals surface area (Å²) in [7, 11) is -3.73. The standard InChI is InChI=1S/C29H28N6O15S5/c1-35(2)10-13-54(39,40)18-5-8-22(25(15-18)52-48-46-37)31-33-27-20-16-26(53-49-47-38)28(29(36)19(20)6-7-21(27)30)34-32-23-14-17(4-9-24(23)44-3)51-12-11-45-50-55(41,42)43/h4-9,14-16,36-38H,10,13,30H2,1-3H3,(H,41,42,43). The van der Waals surface area contributed by atoms with Crippen LogP contribution in [0.4, 0.5) is 28.4 Å². The number of benzene rings is 4. The summed E-state index contributed by atoms with van der Waals surface area (Å²) in [5.74, 6) is -0.361. The van der Waals surface area contributed by atoms with Crippen LogP contribution in [0.15, 0.2) is 94.6 Å². The lowest BCUT2D eigenvalue weighted by molar-refractivity contribution is -0.432. The van der Waals surface area contributed by atoms with E-state index < -0.39 is 26.0 Å². The number of nitrogens with zero attached hydrogens (tertiary/aromatic N) is 5. The van der Waals surface area contributed by atoms with E-state index in [1.165, 1.54) is 55.6 Å². The van der Waals surface area contributed by atoms with Crippen LogP contribution in [0.2, 0.25) is 0 Å². The van der Waals surface area contributed by atoms with Gasteiger partial charge in [-0.2, -0.15) is 8.42 Å². The molecule has 0 aliphatic heterocycles. The number of rotatable bonds is 18. The van der Waals surface area contributed by atoms with Crippen LogP contribution in [0.1, 0.15) is 0 Å². The number of azo groups is 2. The quantitative estimate of drug-likeness (QED) is 0.00991. The Morgan fingerprint density at radius 2 is 1.53 bits per heavy atom. The number of hydrogen-bond acceptors (Lipinski definition) is 23. The van der Waals surface area contributed by atoms with Crippen LogP contribution in [0, 0.1) is 11.4 Å². The summed E-state index contributed by atoms with van der Waals surface area (Å²) >= 11 is 1.76. The van der Waals surface area contributed by atoms with Crippen LogP contribution in [-0.2, 0) is 48.2 Å². The molecule has 0 heterocycles. The van der Waals surface area contributed by atoms with Gasteiger partial charge in [0.05, 0.1) is 57.3 Å². The summed E-state index contributed by atoms with van der Waals surface area (Å²) in [4.78, 5) is 6.34. The Morgan fingerprint density at radius 3 is 2.20 bits per heavy atom. The van der Waals surface area contributed by atoms with E-state index in [0.29, 0.717) is 29.0 Å². The maximum Gasteiger partial charge on any atom is 0.433 e. The van der Waals surface area contributed by atoms with Crippen molar-refractivity contribution < 1.29 is 69.7 Å². The zero-order valence-corrected chi connectivity index (χ0v) is 32.3. The molecule has 21 nitrogen and oxygen atoms in total. The fraction of sp³-hybridized carbons (Fsp3) is 0.172. The van der Waals surface area contributed by atoms with Crippen molar-refractivity contribution in [1.29, 1.82) is 0 Å². The van der Waals surface area contributed by atoms with Gasteiger partial charge in [0.15, 0.2) is 21.7 Å². The lowest BCUT2D eigenvalue weighted by Crippen LogP contribution is -2.21. The van der Waals surface area contributed by atoms with Gasteiger partial charge in [-0.05, 0) is 84.8 Å². The zero-order valence-electron chi connectivity index (χ0n) is 28.2. The molecule has 0 atom stereocenters. The zero-order chi connectivity index (χ0) is 40.2. The Bertz CT molecular complexity index is 2360. The van der Waals surface area contributed by atoms with Crippen LogP contribution in [0.5, 0.6) is 11.5 Å². The highest BCUT2D eigenvalue weighted by Crippen LogP contribution is 2.48. The van der Waals surface area contributed by atoms with Gasteiger partial charge in [0.25, 0.3) is 0 Å². The molecule has 0 unspecified atom stereocenters. The number of aromatic hydroxyl groups is 1. The van der Waals surface area contributed by atoms with Crippen LogP contribution in [0.25, 0.3) is 10.8 Å². The first-order valence-corrected chi connectivity index (χ1v) is 19.9. The number of nitrogen functional groups attached to an aromatic ring is 1. The van der Waals surface area contributed by atoms with E-state index in [4.69, 9.17) is 25.5 Å². The maximum atomic E-state index is 12.9. The van der Waals surface area contributed by atoms with E-state index in [1.807, 2.05) is 6.11 Å². The molecule has 4 rings (SSSR count). The molecule has 0 radical (unpaired) electrons. The Kier molecular flexibility index (Phi) is 15.8. The molecule has 0 aliphatic rings. The molecule has 0 amide bonds. The van der Waals surface area contributed by atoms with Gasteiger partial charge in [-0.3, -0.25) is 9.44 Å². The molecule has 294 valence electrons. The number of fused-ring (bicyclic) bond motifs is 1. The fourth-order valence-corrected chi connectivity index (χ4v) is 7.30. The first kappa shape index (κ1) is 43.4. The molecular weight excluding hydrogens is 833 g/mol. The number of ether oxygens (including phenoxy) is 1. The van der Waals surface area contributed by atoms with Gasteiger partial charge in [0.1, 0.15) is 28.5 Å². The average Bonchev–Trinajstić information content (AvgIpc) is 3.14. The molecule has 0 aliphatic carbocycles. The molecule has 0 fully saturated rings. The monoisotopic (exact) mass is 860 g/mol. The van der Waals surface area contributed by atoms with Crippen molar-refractivity contribution in [3.05, 3.63) is 54.6 Å². The second kappa shape index (κ2) is 20.0. The van der Waals surface area contributed by atoms with E-state index in [9.17, 15) is 21.9 Å². The van der Waals surface area contributed by atoms with Gasteiger partial charge in [-0.25, -0.2) is 18.9 Å². The van der Waals surface area contributed by atoms with E-state index in [1.54, 1.807) is 25.1 Å². The van der Waals surface area contributed by atoms with Gasteiger partial charge in [-0.15, -0.1) is 29.1 Å². The highest BCUT2D eigenvalue weighted by Gasteiger charge is 2.21. The summed E-state index contributed by atoms with van der Waals surface area (Å²) < 4.78 is 73.7. The van der Waals surface area contributed by atoms with Crippen molar-refractivity contribution in [2.24, 2.45) is 20.5 Å². The van der Waals surface area contributed by atoms with Gasteiger partial charge in [0.2, 0.25) is 0 Å². The van der Waals surface area contributed by atoms with E-state index in [2.05, 4.69) is 53.7 Å². The lowest BCUT2D eigenvalue weighted by atomic mass is 10.1. The number of thioether (sulfide) groups is 1. The Labute approximate surface area is 325 Å². The normalized spacial score (nSPS) is 12.1. The predicted molar refractivity (Wildman–Crippen MR) is 197 cm³/mol. The Balaban J connectivity index is 1.75. The number of methoxy groups -OCH3 is 1. The van der Waals surface area contributed by atoms with Gasteiger partial charge >= 0.3 is 10.4 Å². The molecule has 0 bridgehead atoms. The molecule has 0 saturated carbocycles. The summed E-state index contributed by atoms with van der Waals surface area (Å²) in [5.41, 5.74) is 6.49. The fourth-order valence-electron chi connectivity index (χ4n) is 4.23. The lowest BCUT2D eigenvalue weighted by Gasteiger charge is -2.12. The minimum Gasteiger partial charge on any atom is -0.505 e. The summed E-state index contributed by atoms with van der Waals surface area (Å²) in [6.07, 6.45) is 1.92. The van der Waals surface area contributed by atoms with Crippen LogP contribution in [-0.4, -0.2) is 75.4 Å². The molecule has 4 aromatic rings. The number of anilines is 1. The predicted octanol–water partition coefficient (Wildman–Crippen LogP) is 6.92. The van der Waals surface area contributed by atoms with E-state index in [-0.39, 0.29) is 71.9 Å². The van der Waals surface area contributed by atoms with Crippen molar-refractivity contribution >= 4 is 95.3 Å². The first-order valence-electron chi connectivity index (χ1n) is 14.6. The number of hydrogen-bond donors (Lipinski definition) is 5. The second-order valence-electron chi connectivity index (χ2n) is 10.5. The summed E-state index contributed by atoms with van der Waals surface area (Å²) in [6.45, 7) is 0.267. The average molecular weight is 861 g/mol. The molecule has 55 heavy (non-hydrogen) atoms. The third kappa shape index (κ3) is 12.3. The van der Waals surface area contributed by atoms with E-state index in [0.717, 1.165) is 11.8 Å². The summed E-state index contributed by atoms with van der Waals surface area (Å²) in [6, 6.07) is 12.9. The van der Waals surface area contributed by atoms with Gasteiger partial charge < -0.3 is 20.5 Å². The highest BCUT2D eigenvalue weighted by molar-refractivity contribution is 8.04. The molecule has 0 spiro atoms. The number of phenolic OH excluding ortho intramolecular Hbond substituents is 1. The number of sulfone groups is 1. The van der Waals surface area contributed by atoms with Crippen molar-refractivity contribution in [1.82, 2.24) is 4.90 Å². The minimum absolute atomic E-state index is 0.0354. The third-order valence-electron chi connectivity index (χ3n) is 6.68. The van der Waals surface area contributed by atoms with Crippen molar-refractivity contribution in [3.8, 4) is 22.9 Å². The Hall–Kier alpha value is -4.31. The molecule has 26 heteroatoms. The SMILES string of the molecule is COc1ccc(SC#COOS(=O)(=O)O)cc1N=Nc1c(SOOO)cc2c(N=Nc3ccc(S(=O)(=O)CCN(C)C)cc3SOOO)c(N)ccc2c1O. The summed E-state index contributed by atoms with van der Waals surface area (Å²) in [5, 5.41) is 56.2. The first-order chi connectivity index (χ1) is 26.2. The van der Waals surface area contributed by atoms with Gasteiger partial charge in [-0.1, -0.05) is 10.1 Å². The Morgan fingerprint density at radius 1 is 0.836 bits per heavy atom. The highest BCUT2D eigenvalue weighted by atomic mass is 32.3. The molecule has 6 N–H and O–H groups in total. The third-order valence-corrected chi connectivity index (χ3v) is 10.5. The number of nitrogens with two attached hydrogens (primary N) is 1. The minimum atomic E-state index is -4.86. The van der Waals surface area contributed by atoms with Gasteiger partial charge in [0, 0.05) is 27.5 Å². The molecule has 0 aromatic heterocycles. The van der Waals surface area contributed by atoms with Crippen molar-refractivity contribution in [3.63, 3.8) is 0 Å². The largest absolute Gasteiger partial charge is 0.505 e. The second-order valence-corrected chi connectivity index (χ2v) is 16.0. The number of phenols is 1. The molecular formula is C29H28N6O15S5. The van der Waals surface area contributed by atoms with Crippen LogP contribution < -0.4 is 10.5 Å². The van der Waals surface area contributed by atoms with Crippen LogP contribution >= 0.6 is 35.8 Å². The van der Waals surface area contributed by atoms with Crippen LogP contribution in [0.3, 0.4) is 0 Å². The van der Waals surface area contributed by atoms with Crippen molar-refractivity contribution in [2.75, 3.05) is 39.2 Å². The smallest absolute Gasteiger partial charge is 0.433 e. The maximum absolute atomic E-state index is 12.9. The molecule has 0 saturated heterocycles. The van der Waals surface area contributed by atoms with Crippen molar-refractivity contribution in [2.45, 2.75) is 19.6 Å². The topological polar surface area (TPSA) is 293 Å². The molecule has 4 aromatic carbocycles. The van der Waals surface area contributed by atoms with E-state index >= 15 is 0 Å².